The van der Waals surface area contributed by atoms with Gasteiger partial charge >= 0.3 is 0 Å². The third-order valence-electron chi connectivity index (χ3n) is 3.00. The summed E-state index contributed by atoms with van der Waals surface area (Å²) in [6.45, 7) is 1.82. The fourth-order valence-electron chi connectivity index (χ4n) is 1.82. The van der Waals surface area contributed by atoms with Crippen LogP contribution in [0.15, 0.2) is 42.7 Å². The number of para-hydroxylation sites is 1. The molecule has 0 bridgehead atoms. The fourth-order valence-corrected chi connectivity index (χ4v) is 1.82. The monoisotopic (exact) mass is 291 g/mol. The number of rotatable bonds is 5. The van der Waals surface area contributed by atoms with Crippen LogP contribution < -0.4 is 10.6 Å². The highest BCUT2D eigenvalue weighted by Crippen LogP contribution is 2.17. The molecular formula is C15H15F2N3O. The molecule has 0 saturated heterocycles. The van der Waals surface area contributed by atoms with Crippen molar-refractivity contribution in [3.8, 4) is 0 Å². The number of amides is 1. The minimum Gasteiger partial charge on any atom is -0.320 e. The van der Waals surface area contributed by atoms with Crippen molar-refractivity contribution >= 4 is 11.6 Å². The van der Waals surface area contributed by atoms with Crippen molar-refractivity contribution in [1.82, 2.24) is 10.3 Å². The van der Waals surface area contributed by atoms with E-state index >= 15 is 0 Å². The first kappa shape index (κ1) is 15.1. The first-order chi connectivity index (χ1) is 10.1. The molecule has 0 radical (unpaired) electrons. The number of aromatic nitrogens is 1. The highest BCUT2D eigenvalue weighted by atomic mass is 19.1. The largest absolute Gasteiger partial charge is 0.320 e. The van der Waals surface area contributed by atoms with E-state index in [1.54, 1.807) is 12.4 Å². The van der Waals surface area contributed by atoms with E-state index in [1.807, 2.05) is 19.1 Å². The number of halogens is 2. The van der Waals surface area contributed by atoms with E-state index in [4.69, 9.17) is 0 Å². The van der Waals surface area contributed by atoms with Gasteiger partial charge in [0, 0.05) is 18.4 Å². The van der Waals surface area contributed by atoms with Crippen LogP contribution in [0, 0.1) is 11.6 Å². The van der Waals surface area contributed by atoms with Gasteiger partial charge in [-0.25, -0.2) is 8.78 Å². The molecule has 4 nitrogen and oxygen atoms in total. The number of carbonyl (C=O) groups is 1. The molecule has 0 fully saturated rings. The van der Waals surface area contributed by atoms with Crippen LogP contribution in [0.2, 0.25) is 0 Å². The molecule has 1 heterocycles. The maximum absolute atomic E-state index is 13.4. The molecule has 6 heteroatoms. The van der Waals surface area contributed by atoms with Crippen LogP contribution in [0.3, 0.4) is 0 Å². The minimum absolute atomic E-state index is 0.0583. The average Bonchev–Trinajstić information content (AvgIpc) is 2.49. The summed E-state index contributed by atoms with van der Waals surface area (Å²) in [6, 6.07) is 6.99. The van der Waals surface area contributed by atoms with Crippen LogP contribution in [0.4, 0.5) is 14.5 Å². The second-order valence-electron chi connectivity index (χ2n) is 4.53. The molecular weight excluding hydrogens is 276 g/mol. The van der Waals surface area contributed by atoms with Crippen molar-refractivity contribution in [2.45, 2.75) is 13.0 Å². The van der Waals surface area contributed by atoms with E-state index in [2.05, 4.69) is 15.6 Å². The molecule has 0 saturated carbocycles. The maximum atomic E-state index is 13.4. The highest BCUT2D eigenvalue weighted by Gasteiger charge is 2.12. The van der Waals surface area contributed by atoms with Crippen LogP contribution in [0.1, 0.15) is 18.5 Å². The Balaban J connectivity index is 1.91. The minimum atomic E-state index is -0.800. The number of hydrogen-bond acceptors (Lipinski definition) is 3. The lowest BCUT2D eigenvalue weighted by molar-refractivity contribution is -0.115. The van der Waals surface area contributed by atoms with Crippen molar-refractivity contribution in [1.29, 1.82) is 0 Å². The lowest BCUT2D eigenvalue weighted by atomic mass is 10.1. The Hall–Kier alpha value is -2.34. The Kier molecular flexibility index (Phi) is 4.94. The molecule has 0 aliphatic rings. The summed E-state index contributed by atoms with van der Waals surface area (Å²) < 4.78 is 26.8. The first-order valence-electron chi connectivity index (χ1n) is 6.45. The Morgan fingerprint density at radius 1 is 1.19 bits per heavy atom. The van der Waals surface area contributed by atoms with Crippen molar-refractivity contribution in [3.05, 3.63) is 59.9 Å². The smallest absolute Gasteiger partial charge is 0.238 e. The molecule has 0 aliphatic heterocycles. The lowest BCUT2D eigenvalue weighted by Gasteiger charge is -2.14. The molecule has 0 spiro atoms. The molecule has 1 amide bonds. The van der Waals surface area contributed by atoms with E-state index in [1.165, 1.54) is 6.07 Å². The summed E-state index contributed by atoms with van der Waals surface area (Å²) in [4.78, 5) is 15.6. The van der Waals surface area contributed by atoms with Gasteiger partial charge in [0.25, 0.3) is 0 Å². The summed E-state index contributed by atoms with van der Waals surface area (Å²) in [5.74, 6) is -2.11. The number of benzene rings is 1. The van der Waals surface area contributed by atoms with Gasteiger partial charge < -0.3 is 10.6 Å². The standard InChI is InChI=1S/C15H15F2N3O/c1-10(11-5-7-18-8-6-11)19-9-14(21)20-15-12(16)3-2-4-13(15)17/h2-8,10,19H,9H2,1H3,(H,20,21). The van der Waals surface area contributed by atoms with Gasteiger partial charge in [-0.1, -0.05) is 6.07 Å². The molecule has 110 valence electrons. The second-order valence-corrected chi connectivity index (χ2v) is 4.53. The highest BCUT2D eigenvalue weighted by molar-refractivity contribution is 5.92. The summed E-state index contributed by atoms with van der Waals surface area (Å²) in [6.07, 6.45) is 3.31. The SMILES string of the molecule is CC(NCC(=O)Nc1c(F)cccc1F)c1ccncc1. The number of carbonyl (C=O) groups excluding carboxylic acids is 1. The van der Waals surface area contributed by atoms with E-state index < -0.39 is 23.2 Å². The second kappa shape index (κ2) is 6.90. The zero-order chi connectivity index (χ0) is 15.2. The van der Waals surface area contributed by atoms with Crippen molar-refractivity contribution < 1.29 is 13.6 Å². The Morgan fingerprint density at radius 3 is 2.43 bits per heavy atom. The molecule has 2 N–H and O–H groups in total. The Morgan fingerprint density at radius 2 is 1.81 bits per heavy atom. The molecule has 1 aromatic heterocycles. The van der Waals surface area contributed by atoms with E-state index in [-0.39, 0.29) is 12.6 Å². The molecule has 1 atom stereocenters. The predicted molar refractivity (Wildman–Crippen MR) is 75.6 cm³/mol. The molecule has 1 unspecified atom stereocenters. The van der Waals surface area contributed by atoms with Gasteiger partial charge in [-0.15, -0.1) is 0 Å². The fraction of sp³-hybridized carbons (Fsp3) is 0.200. The van der Waals surface area contributed by atoms with Gasteiger partial charge in [-0.3, -0.25) is 9.78 Å². The number of nitrogens with zero attached hydrogens (tertiary/aromatic N) is 1. The maximum Gasteiger partial charge on any atom is 0.238 e. The number of hydrogen-bond donors (Lipinski definition) is 2. The normalized spacial score (nSPS) is 12.0. The summed E-state index contributed by atoms with van der Waals surface area (Å²) in [7, 11) is 0. The summed E-state index contributed by atoms with van der Waals surface area (Å²) in [5, 5.41) is 5.19. The zero-order valence-corrected chi connectivity index (χ0v) is 11.4. The van der Waals surface area contributed by atoms with Crippen molar-refractivity contribution in [2.24, 2.45) is 0 Å². The van der Waals surface area contributed by atoms with Crippen LogP contribution in [0.25, 0.3) is 0 Å². The van der Waals surface area contributed by atoms with Crippen molar-refractivity contribution in [2.75, 3.05) is 11.9 Å². The van der Waals surface area contributed by atoms with Crippen LogP contribution in [0.5, 0.6) is 0 Å². The summed E-state index contributed by atoms with van der Waals surface area (Å²) >= 11 is 0. The van der Waals surface area contributed by atoms with Gasteiger partial charge in [0.15, 0.2) is 0 Å². The van der Waals surface area contributed by atoms with Gasteiger partial charge in [0.1, 0.15) is 17.3 Å². The van der Waals surface area contributed by atoms with E-state index in [0.29, 0.717) is 0 Å². The molecule has 2 rings (SSSR count). The van der Waals surface area contributed by atoms with Crippen LogP contribution in [-0.2, 0) is 4.79 Å². The van der Waals surface area contributed by atoms with Gasteiger partial charge in [0.05, 0.1) is 6.54 Å². The van der Waals surface area contributed by atoms with Gasteiger partial charge in [-0.05, 0) is 36.8 Å². The molecule has 2 aromatic rings. The average molecular weight is 291 g/mol. The third kappa shape index (κ3) is 4.06. The van der Waals surface area contributed by atoms with Crippen LogP contribution >= 0.6 is 0 Å². The summed E-state index contributed by atoms with van der Waals surface area (Å²) in [5.41, 5.74) is 0.538. The molecule has 1 aromatic carbocycles. The first-order valence-corrected chi connectivity index (χ1v) is 6.45. The Bertz CT molecular complexity index is 599. The third-order valence-corrected chi connectivity index (χ3v) is 3.00. The number of nitrogens with one attached hydrogen (secondary N) is 2. The Labute approximate surface area is 121 Å². The number of anilines is 1. The number of pyridine rings is 1. The zero-order valence-electron chi connectivity index (χ0n) is 11.4. The predicted octanol–water partition coefficient (Wildman–Crippen LogP) is 2.65. The quantitative estimate of drug-likeness (QED) is 0.890. The van der Waals surface area contributed by atoms with E-state index in [0.717, 1.165) is 17.7 Å². The van der Waals surface area contributed by atoms with Gasteiger partial charge in [-0.2, -0.15) is 0 Å². The van der Waals surface area contributed by atoms with Gasteiger partial charge in [0.2, 0.25) is 5.91 Å². The van der Waals surface area contributed by atoms with Crippen molar-refractivity contribution in [3.63, 3.8) is 0 Å². The lowest BCUT2D eigenvalue weighted by Crippen LogP contribution is -2.30. The van der Waals surface area contributed by atoms with Crippen LogP contribution in [-0.4, -0.2) is 17.4 Å². The topological polar surface area (TPSA) is 54.0 Å². The molecule has 21 heavy (non-hydrogen) atoms. The molecule has 0 aliphatic carbocycles. The van der Waals surface area contributed by atoms with E-state index in [9.17, 15) is 13.6 Å².